The molecule has 6 heteroatoms. The lowest BCUT2D eigenvalue weighted by Gasteiger charge is -2.12. The van der Waals surface area contributed by atoms with Gasteiger partial charge in [0.25, 0.3) is 0 Å². The predicted octanol–water partition coefficient (Wildman–Crippen LogP) is 1.54. The zero-order valence-electron chi connectivity index (χ0n) is 10.1. The number of phenolic OH excluding ortho intramolecular Hbond substituents is 1. The van der Waals surface area contributed by atoms with Crippen molar-refractivity contribution in [3.05, 3.63) is 22.8 Å². The smallest absolute Gasteiger partial charge is 0.342 e. The second kappa shape index (κ2) is 5.39. The van der Waals surface area contributed by atoms with E-state index in [9.17, 15) is 19.8 Å². The zero-order chi connectivity index (χ0) is 13.9. The van der Waals surface area contributed by atoms with Crippen LogP contribution in [0.2, 0.25) is 0 Å². The molecule has 3 N–H and O–H groups in total. The van der Waals surface area contributed by atoms with Gasteiger partial charge in [0.2, 0.25) is 0 Å². The first-order valence-electron chi connectivity index (χ1n) is 5.42. The molecule has 1 aromatic rings. The van der Waals surface area contributed by atoms with Gasteiger partial charge >= 0.3 is 11.9 Å². The minimum Gasteiger partial charge on any atom is -0.507 e. The van der Waals surface area contributed by atoms with Crippen molar-refractivity contribution in [1.82, 2.24) is 0 Å². The van der Waals surface area contributed by atoms with Gasteiger partial charge in [0.05, 0.1) is 6.61 Å². The minimum absolute atomic E-state index is 0.00514. The predicted molar refractivity (Wildman–Crippen MR) is 62.1 cm³/mol. The minimum atomic E-state index is -1.37. The lowest BCUT2D eigenvalue weighted by molar-refractivity contribution is 0.0520. The van der Waals surface area contributed by atoms with Crippen LogP contribution in [0.4, 0.5) is 0 Å². The van der Waals surface area contributed by atoms with Crippen LogP contribution in [0.1, 0.15) is 40.1 Å². The van der Waals surface area contributed by atoms with E-state index < -0.39 is 29.0 Å². The fourth-order valence-electron chi connectivity index (χ4n) is 1.66. The summed E-state index contributed by atoms with van der Waals surface area (Å²) in [6, 6.07) is 0.899. The van der Waals surface area contributed by atoms with Gasteiger partial charge in [0.15, 0.2) is 0 Å². The van der Waals surface area contributed by atoms with Gasteiger partial charge in [-0.25, -0.2) is 9.59 Å². The molecule has 1 aromatic carbocycles. The van der Waals surface area contributed by atoms with E-state index in [-0.39, 0.29) is 24.2 Å². The molecule has 0 aromatic heterocycles. The summed E-state index contributed by atoms with van der Waals surface area (Å²) in [4.78, 5) is 22.5. The number of carbonyl (C=O) groups is 2. The Balaban J connectivity index is 3.47. The molecule has 0 unspecified atom stereocenters. The lowest BCUT2D eigenvalue weighted by atomic mass is 9.99. The summed E-state index contributed by atoms with van der Waals surface area (Å²) >= 11 is 0. The van der Waals surface area contributed by atoms with E-state index in [1.54, 1.807) is 13.8 Å². The van der Waals surface area contributed by atoms with Crippen LogP contribution < -0.4 is 0 Å². The largest absolute Gasteiger partial charge is 0.507 e. The molecule has 0 spiro atoms. The average molecular weight is 254 g/mol. The Hall–Kier alpha value is -2.24. The Labute approximate surface area is 103 Å². The molecular weight excluding hydrogens is 240 g/mol. The van der Waals surface area contributed by atoms with Crippen LogP contribution in [0.25, 0.3) is 0 Å². The second-order valence-corrected chi connectivity index (χ2v) is 3.52. The standard InChI is InChI=1S/C12H14O6/c1-3-6-9(11(15)16)8(13)5-7(10(6)14)12(17)18-4-2/h5,13-14H,3-4H2,1-2H3,(H,15,16). The number of carboxylic acids is 1. The first kappa shape index (κ1) is 13.8. The highest BCUT2D eigenvalue weighted by molar-refractivity contribution is 5.99. The van der Waals surface area contributed by atoms with E-state index in [0.717, 1.165) is 6.07 Å². The molecule has 0 atom stereocenters. The first-order valence-corrected chi connectivity index (χ1v) is 5.42. The molecule has 0 bridgehead atoms. The Morgan fingerprint density at radius 2 is 1.89 bits per heavy atom. The molecule has 0 heterocycles. The fraction of sp³-hybridized carbons (Fsp3) is 0.333. The number of carbonyl (C=O) groups excluding carboxylic acids is 1. The highest BCUT2D eigenvalue weighted by atomic mass is 16.5. The summed E-state index contributed by atoms with van der Waals surface area (Å²) in [5, 5.41) is 28.4. The van der Waals surface area contributed by atoms with Crippen molar-refractivity contribution >= 4 is 11.9 Å². The molecule has 0 saturated heterocycles. The van der Waals surface area contributed by atoms with Crippen LogP contribution in [0.3, 0.4) is 0 Å². The molecular formula is C12H14O6. The monoisotopic (exact) mass is 254 g/mol. The van der Waals surface area contributed by atoms with Gasteiger partial charge in [-0.05, 0) is 19.4 Å². The molecule has 98 valence electrons. The third kappa shape index (κ3) is 2.37. The SMILES string of the molecule is CCOC(=O)c1cc(O)c(C(=O)O)c(CC)c1O. The van der Waals surface area contributed by atoms with Crippen molar-refractivity contribution in [3.8, 4) is 11.5 Å². The topological polar surface area (TPSA) is 104 Å². The summed E-state index contributed by atoms with van der Waals surface area (Å²) in [6.07, 6.45) is 0.161. The van der Waals surface area contributed by atoms with Gasteiger partial charge in [-0.3, -0.25) is 0 Å². The number of aromatic carboxylic acids is 1. The van der Waals surface area contributed by atoms with Gasteiger partial charge < -0.3 is 20.1 Å². The molecule has 0 saturated carbocycles. The van der Waals surface area contributed by atoms with E-state index in [1.165, 1.54) is 0 Å². The molecule has 0 aliphatic carbocycles. The number of esters is 1. The van der Waals surface area contributed by atoms with Crippen LogP contribution in [0, 0.1) is 0 Å². The maximum absolute atomic E-state index is 11.5. The number of hydrogen-bond acceptors (Lipinski definition) is 5. The Kier molecular flexibility index (Phi) is 4.14. The van der Waals surface area contributed by atoms with Crippen LogP contribution in [-0.4, -0.2) is 33.9 Å². The Morgan fingerprint density at radius 3 is 2.33 bits per heavy atom. The van der Waals surface area contributed by atoms with Crippen molar-refractivity contribution in [2.45, 2.75) is 20.3 Å². The first-order chi connectivity index (χ1) is 8.43. The molecule has 0 radical (unpaired) electrons. The van der Waals surface area contributed by atoms with Gasteiger partial charge in [-0.2, -0.15) is 0 Å². The van der Waals surface area contributed by atoms with E-state index in [0.29, 0.717) is 0 Å². The van der Waals surface area contributed by atoms with Crippen molar-refractivity contribution in [2.75, 3.05) is 6.61 Å². The molecule has 0 amide bonds. The zero-order valence-corrected chi connectivity index (χ0v) is 10.1. The molecule has 0 aliphatic heterocycles. The van der Waals surface area contributed by atoms with Gasteiger partial charge in [-0.1, -0.05) is 6.92 Å². The Morgan fingerprint density at radius 1 is 1.28 bits per heavy atom. The maximum Gasteiger partial charge on any atom is 0.342 e. The van der Waals surface area contributed by atoms with E-state index >= 15 is 0 Å². The normalized spacial score (nSPS) is 10.1. The Bertz CT molecular complexity index is 492. The van der Waals surface area contributed by atoms with Crippen molar-refractivity contribution < 1.29 is 29.6 Å². The van der Waals surface area contributed by atoms with Crippen LogP contribution in [-0.2, 0) is 11.2 Å². The maximum atomic E-state index is 11.5. The van der Waals surface area contributed by atoms with Gasteiger partial charge in [-0.15, -0.1) is 0 Å². The van der Waals surface area contributed by atoms with Crippen molar-refractivity contribution in [3.63, 3.8) is 0 Å². The van der Waals surface area contributed by atoms with Gasteiger partial charge in [0.1, 0.15) is 22.6 Å². The summed E-state index contributed by atoms with van der Waals surface area (Å²) in [5.74, 6) is -3.21. The molecule has 6 nitrogen and oxygen atoms in total. The molecule has 0 aliphatic rings. The molecule has 1 rings (SSSR count). The number of phenols is 2. The summed E-state index contributed by atoms with van der Waals surface area (Å²) in [7, 11) is 0. The number of ether oxygens (including phenoxy) is 1. The number of aromatic hydroxyl groups is 2. The fourth-order valence-corrected chi connectivity index (χ4v) is 1.66. The van der Waals surface area contributed by atoms with E-state index in [4.69, 9.17) is 9.84 Å². The average Bonchev–Trinajstić information content (AvgIpc) is 2.30. The van der Waals surface area contributed by atoms with Crippen molar-refractivity contribution in [2.24, 2.45) is 0 Å². The summed E-state index contributed by atoms with van der Waals surface area (Å²) in [5.41, 5.74) is -0.634. The summed E-state index contributed by atoms with van der Waals surface area (Å²) < 4.78 is 4.71. The quantitative estimate of drug-likeness (QED) is 0.556. The van der Waals surface area contributed by atoms with E-state index in [1.807, 2.05) is 0 Å². The number of carboxylic acid groups (broad SMARTS) is 1. The third-order valence-corrected chi connectivity index (χ3v) is 2.44. The van der Waals surface area contributed by atoms with Crippen LogP contribution in [0.15, 0.2) is 6.07 Å². The number of hydrogen-bond donors (Lipinski definition) is 3. The van der Waals surface area contributed by atoms with Crippen molar-refractivity contribution in [1.29, 1.82) is 0 Å². The van der Waals surface area contributed by atoms with E-state index in [2.05, 4.69) is 0 Å². The van der Waals surface area contributed by atoms with Crippen LogP contribution >= 0.6 is 0 Å². The third-order valence-electron chi connectivity index (χ3n) is 2.44. The molecule has 18 heavy (non-hydrogen) atoms. The highest BCUT2D eigenvalue weighted by Gasteiger charge is 2.24. The second-order valence-electron chi connectivity index (χ2n) is 3.52. The van der Waals surface area contributed by atoms with Crippen LogP contribution in [0.5, 0.6) is 11.5 Å². The lowest BCUT2D eigenvalue weighted by Crippen LogP contribution is -2.09. The number of rotatable bonds is 4. The highest BCUT2D eigenvalue weighted by Crippen LogP contribution is 2.34. The number of benzene rings is 1. The molecule has 0 fully saturated rings. The summed E-state index contributed by atoms with van der Waals surface area (Å²) in [6.45, 7) is 3.32. The van der Waals surface area contributed by atoms with Gasteiger partial charge in [0, 0.05) is 5.56 Å².